The van der Waals surface area contributed by atoms with Gasteiger partial charge in [-0.25, -0.2) is 9.97 Å². The van der Waals surface area contributed by atoms with Crippen molar-refractivity contribution in [1.82, 2.24) is 19.7 Å². The highest BCUT2D eigenvalue weighted by Gasteiger charge is 2.42. The number of nitrogens with zero attached hydrogens (tertiary/aromatic N) is 5. The molecule has 0 saturated carbocycles. The van der Waals surface area contributed by atoms with Crippen LogP contribution < -0.4 is 4.90 Å². The summed E-state index contributed by atoms with van der Waals surface area (Å²) in [5, 5.41) is 3.57. The van der Waals surface area contributed by atoms with Crippen LogP contribution in [0.5, 0.6) is 0 Å². The molecular weight excluding hydrogens is 396 g/mol. The normalized spacial score (nSPS) is 12.4. The minimum absolute atomic E-state index is 0.0795. The lowest BCUT2D eigenvalue weighted by atomic mass is 10.1. The number of rotatable bonds is 3. The van der Waals surface area contributed by atoms with Crippen molar-refractivity contribution in [3.8, 4) is 16.4 Å². The van der Waals surface area contributed by atoms with Crippen LogP contribution in [0.25, 0.3) is 16.4 Å². The Morgan fingerprint density at radius 1 is 0.963 bits per heavy atom. The van der Waals surface area contributed by atoms with Crippen LogP contribution in [-0.2, 0) is 12.4 Å². The largest absolute Gasteiger partial charge is 0.435 e. The van der Waals surface area contributed by atoms with E-state index in [1.165, 1.54) is 37.5 Å². The molecule has 0 aliphatic carbocycles. The van der Waals surface area contributed by atoms with Gasteiger partial charge in [-0.2, -0.15) is 36.1 Å². The quantitative estimate of drug-likeness (QED) is 0.600. The van der Waals surface area contributed by atoms with Crippen molar-refractivity contribution in [2.24, 2.45) is 0 Å². The van der Waals surface area contributed by atoms with E-state index in [0.717, 1.165) is 16.8 Å². The van der Waals surface area contributed by atoms with Gasteiger partial charge in [0.1, 0.15) is 10.7 Å². The molecule has 0 fully saturated rings. The predicted molar refractivity (Wildman–Crippen MR) is 86.8 cm³/mol. The molecule has 0 atom stereocenters. The maximum absolute atomic E-state index is 13.6. The molecule has 144 valence electrons. The summed E-state index contributed by atoms with van der Waals surface area (Å²) < 4.78 is 80.4. The highest BCUT2D eigenvalue weighted by atomic mass is 32.1. The van der Waals surface area contributed by atoms with Gasteiger partial charge in [0.25, 0.3) is 5.95 Å². The van der Waals surface area contributed by atoms with Crippen LogP contribution in [0.3, 0.4) is 0 Å². The standard InChI is InChI=1S/C15H11F6N5S/c1-25(2)12-10(8-4-5-9(27-8)14(16,17)18)11(15(19,20)21)24-26(12)13-22-6-3-7-23-13/h3-7H,1-2H3. The smallest absolute Gasteiger partial charge is 0.362 e. The van der Waals surface area contributed by atoms with Crippen LogP contribution in [0.4, 0.5) is 32.2 Å². The fourth-order valence-corrected chi connectivity index (χ4v) is 3.33. The zero-order valence-corrected chi connectivity index (χ0v) is 14.6. The molecule has 0 saturated heterocycles. The topological polar surface area (TPSA) is 46.8 Å². The molecule has 5 nitrogen and oxygen atoms in total. The summed E-state index contributed by atoms with van der Waals surface area (Å²) in [6.07, 6.45) is -6.90. The lowest BCUT2D eigenvalue weighted by molar-refractivity contribution is -0.140. The minimum Gasteiger partial charge on any atom is -0.362 e. The molecule has 0 radical (unpaired) electrons. The van der Waals surface area contributed by atoms with Gasteiger partial charge in [-0.15, -0.1) is 11.3 Å². The van der Waals surface area contributed by atoms with Crippen molar-refractivity contribution in [1.29, 1.82) is 0 Å². The molecule has 3 rings (SSSR count). The maximum Gasteiger partial charge on any atom is 0.435 e. The van der Waals surface area contributed by atoms with Crippen molar-refractivity contribution >= 4 is 17.2 Å². The summed E-state index contributed by atoms with van der Waals surface area (Å²) in [5.74, 6) is -0.213. The molecule has 0 aromatic carbocycles. The van der Waals surface area contributed by atoms with Gasteiger partial charge in [0.15, 0.2) is 5.69 Å². The van der Waals surface area contributed by atoms with E-state index in [9.17, 15) is 26.3 Å². The van der Waals surface area contributed by atoms with Crippen LogP contribution in [-0.4, -0.2) is 33.8 Å². The molecule has 27 heavy (non-hydrogen) atoms. The molecule has 0 bridgehead atoms. The Hall–Kier alpha value is -2.63. The fourth-order valence-electron chi connectivity index (χ4n) is 2.41. The molecule has 3 heterocycles. The van der Waals surface area contributed by atoms with Crippen molar-refractivity contribution in [3.05, 3.63) is 41.2 Å². The molecule has 0 N–H and O–H groups in total. The summed E-state index contributed by atoms with van der Waals surface area (Å²) in [6.45, 7) is 0. The van der Waals surface area contributed by atoms with E-state index < -0.39 is 28.5 Å². The van der Waals surface area contributed by atoms with Crippen molar-refractivity contribution in [2.75, 3.05) is 19.0 Å². The van der Waals surface area contributed by atoms with Gasteiger partial charge >= 0.3 is 12.4 Å². The van der Waals surface area contributed by atoms with Crippen molar-refractivity contribution < 1.29 is 26.3 Å². The number of thiophene rings is 1. The summed E-state index contributed by atoms with van der Waals surface area (Å²) in [7, 11) is 2.91. The van der Waals surface area contributed by atoms with Crippen LogP contribution >= 0.6 is 11.3 Å². The fraction of sp³-hybridized carbons (Fsp3) is 0.267. The van der Waals surface area contributed by atoms with E-state index in [1.54, 1.807) is 0 Å². The van der Waals surface area contributed by atoms with E-state index in [0.29, 0.717) is 0 Å². The lowest BCUT2D eigenvalue weighted by Crippen LogP contribution is -2.16. The first kappa shape index (κ1) is 19.1. The van der Waals surface area contributed by atoms with Crippen LogP contribution in [0.1, 0.15) is 10.6 Å². The molecule has 0 aliphatic rings. The number of hydrogen-bond donors (Lipinski definition) is 0. The van der Waals surface area contributed by atoms with Gasteiger partial charge in [0.2, 0.25) is 0 Å². The average Bonchev–Trinajstić information content (AvgIpc) is 3.19. The molecular formula is C15H11F6N5S. The first-order chi connectivity index (χ1) is 12.5. The van der Waals surface area contributed by atoms with E-state index in [1.807, 2.05) is 0 Å². The number of alkyl halides is 6. The third-order valence-corrected chi connectivity index (χ3v) is 4.57. The van der Waals surface area contributed by atoms with Crippen molar-refractivity contribution in [3.63, 3.8) is 0 Å². The Morgan fingerprint density at radius 2 is 1.59 bits per heavy atom. The molecule has 12 heteroatoms. The number of aromatic nitrogens is 4. The Morgan fingerprint density at radius 3 is 2.07 bits per heavy atom. The lowest BCUT2D eigenvalue weighted by Gasteiger charge is -2.16. The van der Waals surface area contributed by atoms with Crippen LogP contribution in [0.2, 0.25) is 0 Å². The van der Waals surface area contributed by atoms with Gasteiger partial charge in [-0.05, 0) is 18.2 Å². The van der Waals surface area contributed by atoms with Gasteiger partial charge < -0.3 is 4.90 Å². The molecule has 0 aliphatic heterocycles. The minimum atomic E-state index is -4.89. The Balaban J connectivity index is 2.31. The van der Waals surface area contributed by atoms with Gasteiger partial charge in [0, 0.05) is 31.4 Å². The zero-order chi connectivity index (χ0) is 20.0. The predicted octanol–water partition coefficient (Wildman–Crippen LogP) is 4.49. The van der Waals surface area contributed by atoms with E-state index in [2.05, 4.69) is 15.1 Å². The Bertz CT molecular complexity index is 942. The van der Waals surface area contributed by atoms with Crippen molar-refractivity contribution in [2.45, 2.75) is 12.4 Å². The Kier molecular flexibility index (Phi) is 4.62. The van der Waals surface area contributed by atoms with Gasteiger partial charge in [-0.3, -0.25) is 0 Å². The second kappa shape index (κ2) is 6.51. The monoisotopic (exact) mass is 407 g/mol. The summed E-state index contributed by atoms with van der Waals surface area (Å²) in [5.41, 5.74) is -1.77. The van der Waals surface area contributed by atoms with Gasteiger partial charge in [-0.1, -0.05) is 0 Å². The van der Waals surface area contributed by atoms with Gasteiger partial charge in [0.05, 0.1) is 5.56 Å². The Labute approximate surface area is 152 Å². The molecule has 0 spiro atoms. The second-order valence-electron chi connectivity index (χ2n) is 5.56. The SMILES string of the molecule is CN(C)c1c(-c2ccc(C(F)(F)F)s2)c(C(F)(F)F)nn1-c1ncccn1. The highest BCUT2D eigenvalue weighted by molar-refractivity contribution is 7.15. The molecule has 3 aromatic heterocycles. The molecule has 0 unspecified atom stereocenters. The number of halogens is 6. The second-order valence-corrected chi connectivity index (χ2v) is 6.65. The third-order valence-electron chi connectivity index (χ3n) is 3.43. The highest BCUT2D eigenvalue weighted by Crippen LogP contribution is 2.46. The first-order valence-corrected chi connectivity index (χ1v) is 8.14. The third kappa shape index (κ3) is 3.61. The summed E-state index contributed by atoms with van der Waals surface area (Å²) in [4.78, 5) is 7.88. The first-order valence-electron chi connectivity index (χ1n) is 7.32. The number of anilines is 1. The maximum atomic E-state index is 13.6. The zero-order valence-electron chi connectivity index (χ0n) is 13.8. The van der Waals surface area contributed by atoms with E-state index >= 15 is 0 Å². The van der Waals surface area contributed by atoms with E-state index in [4.69, 9.17) is 0 Å². The summed E-state index contributed by atoms with van der Waals surface area (Å²) >= 11 is 0.217. The van der Waals surface area contributed by atoms with Crippen LogP contribution in [0.15, 0.2) is 30.6 Å². The van der Waals surface area contributed by atoms with Crippen LogP contribution in [0, 0.1) is 0 Å². The molecule has 0 amide bonds. The average molecular weight is 407 g/mol. The number of hydrogen-bond acceptors (Lipinski definition) is 5. The summed E-state index contributed by atoms with van der Waals surface area (Å²) in [6, 6.07) is 3.22. The molecule has 3 aromatic rings. The van der Waals surface area contributed by atoms with E-state index in [-0.39, 0.29) is 28.0 Å².